The topological polar surface area (TPSA) is 0 Å². The van der Waals surface area contributed by atoms with Crippen LogP contribution in [0.15, 0.2) is 11.6 Å². The average molecular weight is 124 g/mol. The molecule has 1 atom stereocenters. The second-order valence-electron chi connectivity index (χ2n) is 2.86. The molecular weight excluding hydrogens is 108 g/mol. The van der Waals surface area contributed by atoms with E-state index in [0.29, 0.717) is 0 Å². The van der Waals surface area contributed by atoms with Crippen LogP contribution >= 0.6 is 0 Å². The quantitative estimate of drug-likeness (QED) is 0.505. The van der Waals surface area contributed by atoms with Crippen LogP contribution in [0.5, 0.6) is 0 Å². The first-order chi connectivity index (χ1) is 4.38. The third-order valence-corrected chi connectivity index (χ3v) is 2.04. The highest BCUT2D eigenvalue weighted by Gasteiger charge is 2.20. The zero-order chi connectivity index (χ0) is 6.69. The van der Waals surface area contributed by atoms with Crippen molar-refractivity contribution in [2.24, 2.45) is 5.92 Å². The summed E-state index contributed by atoms with van der Waals surface area (Å²) in [4.78, 5) is 0. The first-order valence-corrected chi connectivity index (χ1v) is 4.09. The SMILES string of the molecule is CCCCC1=CC1CC. The van der Waals surface area contributed by atoms with Crippen molar-refractivity contribution in [1.29, 1.82) is 0 Å². The minimum absolute atomic E-state index is 0.913. The van der Waals surface area contributed by atoms with Crippen molar-refractivity contribution in [3.63, 3.8) is 0 Å². The third kappa shape index (κ3) is 1.85. The Kier molecular flexibility index (Phi) is 2.32. The summed E-state index contributed by atoms with van der Waals surface area (Å²) in [7, 11) is 0. The predicted molar refractivity (Wildman–Crippen MR) is 41.4 cm³/mol. The van der Waals surface area contributed by atoms with Crippen LogP contribution < -0.4 is 0 Å². The lowest BCUT2D eigenvalue weighted by atomic mass is 10.1. The van der Waals surface area contributed by atoms with E-state index >= 15 is 0 Å². The fraction of sp³-hybridized carbons (Fsp3) is 0.778. The minimum atomic E-state index is 0.913. The fourth-order valence-corrected chi connectivity index (χ4v) is 1.24. The second-order valence-corrected chi connectivity index (χ2v) is 2.86. The van der Waals surface area contributed by atoms with Crippen LogP contribution in [0, 0.1) is 5.92 Å². The van der Waals surface area contributed by atoms with Crippen molar-refractivity contribution in [1.82, 2.24) is 0 Å². The molecule has 0 radical (unpaired) electrons. The summed E-state index contributed by atoms with van der Waals surface area (Å²) in [5, 5.41) is 0. The van der Waals surface area contributed by atoms with E-state index in [-0.39, 0.29) is 0 Å². The maximum absolute atomic E-state index is 2.41. The Morgan fingerprint density at radius 3 is 2.67 bits per heavy atom. The molecule has 1 rings (SSSR count). The lowest BCUT2D eigenvalue weighted by Crippen LogP contribution is -1.77. The maximum Gasteiger partial charge on any atom is -0.00228 e. The summed E-state index contributed by atoms with van der Waals surface area (Å²) in [6.07, 6.45) is 7.85. The van der Waals surface area contributed by atoms with Crippen LogP contribution in [0.4, 0.5) is 0 Å². The van der Waals surface area contributed by atoms with Crippen LogP contribution in [0.3, 0.4) is 0 Å². The van der Waals surface area contributed by atoms with Gasteiger partial charge in [0.15, 0.2) is 0 Å². The van der Waals surface area contributed by atoms with Crippen molar-refractivity contribution >= 4 is 0 Å². The first kappa shape index (κ1) is 6.85. The highest BCUT2D eigenvalue weighted by molar-refractivity contribution is 5.28. The van der Waals surface area contributed by atoms with Gasteiger partial charge in [0.05, 0.1) is 0 Å². The van der Waals surface area contributed by atoms with Gasteiger partial charge in [-0.15, -0.1) is 0 Å². The van der Waals surface area contributed by atoms with Gasteiger partial charge in [0.2, 0.25) is 0 Å². The molecule has 52 valence electrons. The lowest BCUT2D eigenvalue weighted by Gasteiger charge is -1.93. The molecule has 0 amide bonds. The molecule has 1 unspecified atom stereocenters. The van der Waals surface area contributed by atoms with Gasteiger partial charge in [-0.25, -0.2) is 0 Å². The molecule has 0 fully saturated rings. The number of allylic oxidation sites excluding steroid dienone is 2. The van der Waals surface area contributed by atoms with Gasteiger partial charge in [-0.2, -0.15) is 0 Å². The molecule has 0 saturated heterocycles. The number of rotatable bonds is 4. The summed E-state index contributed by atoms with van der Waals surface area (Å²) in [6.45, 7) is 4.52. The summed E-state index contributed by atoms with van der Waals surface area (Å²) >= 11 is 0. The van der Waals surface area contributed by atoms with Gasteiger partial charge in [0.25, 0.3) is 0 Å². The Morgan fingerprint density at radius 2 is 2.22 bits per heavy atom. The molecule has 0 spiro atoms. The standard InChI is InChI=1S/C9H16/c1-3-5-6-9-7-8(9)4-2/h7-8H,3-6H2,1-2H3. The Balaban J connectivity index is 1.98. The van der Waals surface area contributed by atoms with Gasteiger partial charge in [-0.05, 0) is 25.2 Å². The van der Waals surface area contributed by atoms with Crippen LogP contribution in [-0.2, 0) is 0 Å². The van der Waals surface area contributed by atoms with E-state index in [1.165, 1.54) is 25.7 Å². The molecule has 0 aliphatic heterocycles. The van der Waals surface area contributed by atoms with E-state index < -0.39 is 0 Å². The zero-order valence-electron chi connectivity index (χ0n) is 6.48. The summed E-state index contributed by atoms with van der Waals surface area (Å²) in [5.74, 6) is 0.913. The molecule has 9 heavy (non-hydrogen) atoms. The normalized spacial score (nSPS) is 23.8. The molecule has 0 aromatic carbocycles. The molecule has 0 saturated carbocycles. The molecule has 0 N–H and O–H groups in total. The molecule has 0 heterocycles. The van der Waals surface area contributed by atoms with E-state index in [9.17, 15) is 0 Å². The molecule has 0 nitrogen and oxygen atoms in total. The average Bonchev–Trinajstić information content (AvgIpc) is 2.62. The maximum atomic E-state index is 2.41. The summed E-state index contributed by atoms with van der Waals surface area (Å²) in [5.41, 5.74) is 1.72. The van der Waals surface area contributed by atoms with Crippen molar-refractivity contribution in [2.75, 3.05) is 0 Å². The molecule has 1 aliphatic carbocycles. The van der Waals surface area contributed by atoms with Crippen molar-refractivity contribution in [2.45, 2.75) is 39.5 Å². The van der Waals surface area contributed by atoms with E-state index in [0.717, 1.165) is 5.92 Å². The van der Waals surface area contributed by atoms with Crippen LogP contribution in [0.1, 0.15) is 39.5 Å². The molecular formula is C9H16. The fourth-order valence-electron chi connectivity index (χ4n) is 1.24. The van der Waals surface area contributed by atoms with Gasteiger partial charge in [-0.1, -0.05) is 31.9 Å². The smallest absolute Gasteiger partial charge is 0.00228 e. The second kappa shape index (κ2) is 3.05. The summed E-state index contributed by atoms with van der Waals surface area (Å²) in [6, 6.07) is 0. The Bertz CT molecular complexity index is 111. The highest BCUT2D eigenvalue weighted by atomic mass is 14.3. The molecule has 0 heteroatoms. The Labute approximate surface area is 58.0 Å². The highest BCUT2D eigenvalue weighted by Crippen LogP contribution is 2.35. The van der Waals surface area contributed by atoms with Crippen molar-refractivity contribution in [3.05, 3.63) is 11.6 Å². The van der Waals surface area contributed by atoms with Gasteiger partial charge in [0, 0.05) is 0 Å². The zero-order valence-corrected chi connectivity index (χ0v) is 6.48. The van der Waals surface area contributed by atoms with Crippen LogP contribution in [0.2, 0.25) is 0 Å². The van der Waals surface area contributed by atoms with E-state index in [4.69, 9.17) is 0 Å². The number of hydrogen-bond acceptors (Lipinski definition) is 0. The Hall–Kier alpha value is -0.260. The van der Waals surface area contributed by atoms with E-state index in [1.807, 2.05) is 0 Å². The van der Waals surface area contributed by atoms with Gasteiger partial charge >= 0.3 is 0 Å². The van der Waals surface area contributed by atoms with Crippen LogP contribution in [-0.4, -0.2) is 0 Å². The van der Waals surface area contributed by atoms with Gasteiger partial charge < -0.3 is 0 Å². The molecule has 0 aromatic heterocycles. The first-order valence-electron chi connectivity index (χ1n) is 4.09. The van der Waals surface area contributed by atoms with Gasteiger partial charge in [0.1, 0.15) is 0 Å². The molecule has 1 aliphatic rings. The largest absolute Gasteiger partial charge is 0.0776 e. The van der Waals surface area contributed by atoms with Crippen molar-refractivity contribution in [3.8, 4) is 0 Å². The summed E-state index contributed by atoms with van der Waals surface area (Å²) < 4.78 is 0. The molecule has 0 bridgehead atoms. The number of unbranched alkanes of at least 4 members (excludes halogenated alkanes) is 1. The minimum Gasteiger partial charge on any atom is -0.0776 e. The van der Waals surface area contributed by atoms with E-state index in [1.54, 1.807) is 5.57 Å². The van der Waals surface area contributed by atoms with Crippen LogP contribution in [0.25, 0.3) is 0 Å². The predicted octanol–water partition coefficient (Wildman–Crippen LogP) is 3.14. The van der Waals surface area contributed by atoms with Gasteiger partial charge in [-0.3, -0.25) is 0 Å². The van der Waals surface area contributed by atoms with Crippen molar-refractivity contribution < 1.29 is 0 Å². The van der Waals surface area contributed by atoms with E-state index in [2.05, 4.69) is 19.9 Å². The lowest BCUT2D eigenvalue weighted by molar-refractivity contribution is 0.742. The number of hydrogen-bond donors (Lipinski definition) is 0. The molecule has 0 aromatic rings. The third-order valence-electron chi connectivity index (χ3n) is 2.04. The monoisotopic (exact) mass is 124 g/mol. The Morgan fingerprint density at radius 1 is 1.44 bits per heavy atom.